The summed E-state index contributed by atoms with van der Waals surface area (Å²) < 4.78 is 0. The predicted molar refractivity (Wildman–Crippen MR) is 82.6 cm³/mol. The maximum absolute atomic E-state index is 11.9. The van der Waals surface area contributed by atoms with Crippen LogP contribution in [0.15, 0.2) is 24.3 Å². The quantitative estimate of drug-likeness (QED) is 0.453. The van der Waals surface area contributed by atoms with Gasteiger partial charge in [-0.3, -0.25) is 4.79 Å². The SMILES string of the molecule is C[NH+](C)CCC[NH2+][C@@H](CC(=O)Nc1ccc(Cl)cc1)C(=O)[O-]. The Morgan fingerprint density at radius 3 is 2.50 bits per heavy atom. The first-order valence-corrected chi connectivity index (χ1v) is 7.65. The van der Waals surface area contributed by atoms with E-state index < -0.39 is 12.0 Å². The molecular weight excluding hydrogens is 306 g/mol. The Morgan fingerprint density at radius 1 is 1.32 bits per heavy atom. The van der Waals surface area contributed by atoms with Crippen molar-refractivity contribution in [3.63, 3.8) is 0 Å². The van der Waals surface area contributed by atoms with Crippen LogP contribution in [0.25, 0.3) is 0 Å². The van der Waals surface area contributed by atoms with E-state index in [1.54, 1.807) is 29.6 Å². The van der Waals surface area contributed by atoms with Gasteiger partial charge in [0.05, 0.1) is 39.6 Å². The third kappa shape index (κ3) is 7.40. The Bertz CT molecular complexity index is 491. The van der Waals surface area contributed by atoms with Crippen LogP contribution in [-0.4, -0.2) is 45.1 Å². The molecule has 0 aliphatic rings. The van der Waals surface area contributed by atoms with Crippen molar-refractivity contribution in [3.8, 4) is 0 Å². The summed E-state index contributed by atoms with van der Waals surface area (Å²) in [6.07, 6.45) is 0.755. The van der Waals surface area contributed by atoms with Crippen LogP contribution in [0.5, 0.6) is 0 Å². The fraction of sp³-hybridized carbons (Fsp3) is 0.467. The average molecular weight is 329 g/mol. The maximum Gasteiger partial charge on any atom is 0.230 e. The molecule has 0 heterocycles. The number of amides is 1. The van der Waals surface area contributed by atoms with Gasteiger partial charge in [0.15, 0.2) is 0 Å². The molecule has 22 heavy (non-hydrogen) atoms. The fourth-order valence-corrected chi connectivity index (χ4v) is 2.11. The van der Waals surface area contributed by atoms with Crippen LogP contribution in [0.1, 0.15) is 12.8 Å². The summed E-state index contributed by atoms with van der Waals surface area (Å²) in [5.74, 6) is -1.57. The van der Waals surface area contributed by atoms with E-state index in [2.05, 4.69) is 5.32 Å². The molecule has 0 spiro atoms. The zero-order chi connectivity index (χ0) is 16.5. The minimum atomic E-state index is -1.22. The van der Waals surface area contributed by atoms with E-state index >= 15 is 0 Å². The Hall–Kier alpha value is -1.63. The van der Waals surface area contributed by atoms with Crippen LogP contribution in [0, 0.1) is 0 Å². The van der Waals surface area contributed by atoms with Crippen LogP contribution in [0.2, 0.25) is 5.02 Å². The highest BCUT2D eigenvalue weighted by atomic mass is 35.5. The van der Waals surface area contributed by atoms with Gasteiger partial charge in [-0.25, -0.2) is 0 Å². The van der Waals surface area contributed by atoms with Gasteiger partial charge >= 0.3 is 0 Å². The molecule has 1 atom stereocenters. The van der Waals surface area contributed by atoms with Crippen molar-refractivity contribution in [1.82, 2.24) is 0 Å². The van der Waals surface area contributed by atoms with E-state index in [1.165, 1.54) is 4.90 Å². The van der Waals surface area contributed by atoms with Crippen molar-refractivity contribution < 1.29 is 24.9 Å². The molecule has 0 aliphatic heterocycles. The number of quaternary nitrogens is 2. The van der Waals surface area contributed by atoms with Crippen LogP contribution < -0.4 is 20.6 Å². The fourth-order valence-electron chi connectivity index (χ4n) is 1.98. The molecule has 0 saturated heterocycles. The molecule has 6 nitrogen and oxygen atoms in total. The number of carboxylic acids is 1. The number of nitrogens with one attached hydrogen (secondary N) is 2. The van der Waals surface area contributed by atoms with E-state index in [-0.39, 0.29) is 12.3 Å². The lowest BCUT2D eigenvalue weighted by Gasteiger charge is -2.16. The molecule has 122 valence electrons. The van der Waals surface area contributed by atoms with Crippen LogP contribution >= 0.6 is 11.6 Å². The highest BCUT2D eigenvalue weighted by Crippen LogP contribution is 2.13. The Labute approximate surface area is 135 Å². The minimum Gasteiger partial charge on any atom is -0.544 e. The molecule has 0 aliphatic carbocycles. The Balaban J connectivity index is 2.43. The number of carboxylic acid groups (broad SMARTS) is 1. The molecule has 0 unspecified atom stereocenters. The van der Waals surface area contributed by atoms with Gasteiger partial charge in [-0.1, -0.05) is 11.6 Å². The molecule has 4 N–H and O–H groups in total. The van der Waals surface area contributed by atoms with E-state index in [4.69, 9.17) is 11.6 Å². The number of aliphatic carboxylic acids is 1. The van der Waals surface area contributed by atoms with Gasteiger partial charge in [-0.15, -0.1) is 0 Å². The van der Waals surface area contributed by atoms with Gasteiger partial charge in [0.1, 0.15) is 6.04 Å². The highest BCUT2D eigenvalue weighted by Gasteiger charge is 2.18. The number of hydrogen-bond acceptors (Lipinski definition) is 3. The summed E-state index contributed by atoms with van der Waals surface area (Å²) in [5, 5.41) is 16.0. The second-order valence-electron chi connectivity index (χ2n) is 5.52. The third-order valence-corrected chi connectivity index (χ3v) is 3.42. The lowest BCUT2D eigenvalue weighted by atomic mass is 10.2. The molecule has 0 bridgehead atoms. The largest absolute Gasteiger partial charge is 0.544 e. The zero-order valence-electron chi connectivity index (χ0n) is 12.9. The van der Waals surface area contributed by atoms with Crippen molar-refractivity contribution in [3.05, 3.63) is 29.3 Å². The smallest absolute Gasteiger partial charge is 0.230 e. The molecule has 0 fully saturated rings. The molecule has 1 rings (SSSR count). The van der Waals surface area contributed by atoms with E-state index in [0.29, 0.717) is 17.3 Å². The van der Waals surface area contributed by atoms with Crippen molar-refractivity contribution in [2.24, 2.45) is 0 Å². The van der Waals surface area contributed by atoms with Crippen molar-refractivity contribution in [1.29, 1.82) is 0 Å². The molecule has 1 aromatic rings. The first-order valence-electron chi connectivity index (χ1n) is 7.27. The van der Waals surface area contributed by atoms with Crippen LogP contribution in [0.3, 0.4) is 0 Å². The van der Waals surface area contributed by atoms with Gasteiger partial charge in [-0.05, 0) is 24.3 Å². The number of carbonyl (C=O) groups excluding carboxylic acids is 2. The molecule has 1 amide bonds. The predicted octanol–water partition coefficient (Wildman–Crippen LogP) is -2.11. The standard InChI is InChI=1S/C15H22ClN3O3/c1-19(2)9-3-8-17-13(15(21)22)10-14(20)18-12-6-4-11(16)5-7-12/h4-7,13,17H,3,8-10H2,1-2H3,(H,18,20)(H,21,22)/p+1/t13-/m0/s1. The third-order valence-electron chi connectivity index (χ3n) is 3.17. The number of rotatable bonds is 9. The number of halogens is 1. The van der Waals surface area contributed by atoms with E-state index in [1.807, 2.05) is 14.1 Å². The first-order chi connectivity index (χ1) is 10.4. The Morgan fingerprint density at radius 2 is 1.95 bits per heavy atom. The number of hydrogen-bond donors (Lipinski definition) is 3. The molecule has 0 aromatic heterocycles. The molecule has 1 aromatic carbocycles. The molecule has 7 heteroatoms. The summed E-state index contributed by atoms with van der Waals surface area (Å²) in [5.41, 5.74) is 0.586. The van der Waals surface area contributed by atoms with Crippen molar-refractivity contribution >= 4 is 29.2 Å². The number of anilines is 1. The Kier molecular flexibility index (Phi) is 7.87. The topological polar surface area (TPSA) is 90.3 Å². The van der Waals surface area contributed by atoms with Gasteiger partial charge < -0.3 is 25.4 Å². The summed E-state index contributed by atoms with van der Waals surface area (Å²) in [4.78, 5) is 24.3. The van der Waals surface area contributed by atoms with E-state index in [0.717, 1.165) is 13.0 Å². The molecule has 0 radical (unpaired) electrons. The highest BCUT2D eigenvalue weighted by molar-refractivity contribution is 6.30. The maximum atomic E-state index is 11.9. The number of benzene rings is 1. The number of carbonyl (C=O) groups is 2. The second kappa shape index (κ2) is 9.40. The molecule has 0 saturated carbocycles. The van der Waals surface area contributed by atoms with Gasteiger partial charge in [0, 0.05) is 17.1 Å². The van der Waals surface area contributed by atoms with E-state index in [9.17, 15) is 14.7 Å². The van der Waals surface area contributed by atoms with Gasteiger partial charge in [0.2, 0.25) is 5.91 Å². The summed E-state index contributed by atoms with van der Waals surface area (Å²) in [6.45, 7) is 1.60. The lowest BCUT2D eigenvalue weighted by molar-refractivity contribution is -0.860. The first kappa shape index (κ1) is 18.4. The van der Waals surface area contributed by atoms with Crippen LogP contribution in [0.4, 0.5) is 5.69 Å². The van der Waals surface area contributed by atoms with Crippen molar-refractivity contribution in [2.75, 3.05) is 32.5 Å². The summed E-state index contributed by atoms with van der Waals surface area (Å²) in [6, 6.07) is 5.77. The minimum absolute atomic E-state index is 0.125. The monoisotopic (exact) mass is 328 g/mol. The number of nitrogens with two attached hydrogens (primary N) is 1. The van der Waals surface area contributed by atoms with Gasteiger partial charge in [0.25, 0.3) is 0 Å². The summed E-state index contributed by atoms with van der Waals surface area (Å²) in [7, 11) is 4.07. The summed E-state index contributed by atoms with van der Waals surface area (Å²) >= 11 is 5.76. The van der Waals surface area contributed by atoms with Crippen LogP contribution in [-0.2, 0) is 9.59 Å². The zero-order valence-corrected chi connectivity index (χ0v) is 13.7. The average Bonchev–Trinajstić information content (AvgIpc) is 2.44. The lowest BCUT2D eigenvalue weighted by Crippen LogP contribution is -3.06. The second-order valence-corrected chi connectivity index (χ2v) is 5.96. The molecular formula is C15H23ClN3O3+. The van der Waals surface area contributed by atoms with Crippen molar-refractivity contribution in [2.45, 2.75) is 18.9 Å². The normalized spacial score (nSPS) is 12.2. The van der Waals surface area contributed by atoms with Gasteiger partial charge in [-0.2, -0.15) is 0 Å².